The second-order valence-electron chi connectivity index (χ2n) is 6.90. The second kappa shape index (κ2) is 8.17. The first-order chi connectivity index (χ1) is 13.1. The Kier molecular flexibility index (Phi) is 5.67. The van der Waals surface area contributed by atoms with E-state index in [1.807, 2.05) is 42.1 Å². The molecule has 4 rings (SSSR count). The zero-order valence-corrected chi connectivity index (χ0v) is 17.4. The lowest BCUT2D eigenvalue weighted by Gasteiger charge is -2.33. The molecule has 0 aliphatic heterocycles. The summed E-state index contributed by atoms with van der Waals surface area (Å²) in [7, 11) is 1.95. The minimum atomic E-state index is 0.112. The molecule has 0 N–H and O–H groups in total. The third kappa shape index (κ3) is 4.13. The van der Waals surface area contributed by atoms with Gasteiger partial charge in [-0.3, -0.25) is 4.99 Å². The fourth-order valence-corrected chi connectivity index (χ4v) is 5.32. The summed E-state index contributed by atoms with van der Waals surface area (Å²) in [6.07, 6.45) is 3.19. The van der Waals surface area contributed by atoms with Gasteiger partial charge >= 0.3 is 0 Å². The van der Waals surface area contributed by atoms with Crippen LogP contribution < -0.4 is 4.80 Å². The van der Waals surface area contributed by atoms with Gasteiger partial charge in [-0.15, -0.1) is 11.6 Å². The smallest absolute Gasteiger partial charge is 0.203 e. The van der Waals surface area contributed by atoms with E-state index in [0.717, 1.165) is 34.6 Å². The number of hydrogen-bond acceptors (Lipinski definition) is 3. The van der Waals surface area contributed by atoms with Crippen molar-refractivity contribution in [3.05, 3.63) is 70.0 Å². The van der Waals surface area contributed by atoms with Gasteiger partial charge in [-0.1, -0.05) is 65.4 Å². The largest absolute Gasteiger partial charge is 0.254 e. The molecule has 1 saturated carbocycles. The molecule has 1 fully saturated rings. The van der Waals surface area contributed by atoms with Gasteiger partial charge in [0.1, 0.15) is 5.01 Å². The molecule has 3 aromatic rings. The molecule has 2 aromatic carbocycles. The highest BCUT2D eigenvalue weighted by atomic mass is 35.5. The Bertz CT molecular complexity index is 980. The van der Waals surface area contributed by atoms with E-state index in [9.17, 15) is 0 Å². The summed E-state index contributed by atoms with van der Waals surface area (Å²) >= 11 is 14.5. The zero-order valence-electron chi connectivity index (χ0n) is 15.1. The number of alkyl halides is 1. The minimum absolute atomic E-state index is 0.112. The Labute approximate surface area is 173 Å². The average Bonchev–Trinajstić information content (AvgIpc) is 3.03. The van der Waals surface area contributed by atoms with E-state index in [4.69, 9.17) is 28.2 Å². The molecule has 0 amide bonds. The molecule has 0 radical (unpaired) electrons. The summed E-state index contributed by atoms with van der Waals surface area (Å²) in [6, 6.07) is 18.5. The van der Waals surface area contributed by atoms with Crippen molar-refractivity contribution in [1.82, 2.24) is 9.78 Å². The van der Waals surface area contributed by atoms with Gasteiger partial charge in [-0.25, -0.2) is 4.68 Å². The highest BCUT2D eigenvalue weighted by Gasteiger charge is 2.33. The van der Waals surface area contributed by atoms with Gasteiger partial charge in [0.15, 0.2) is 0 Å². The Hall–Kier alpha value is -1.62. The third-order valence-electron chi connectivity index (χ3n) is 5.02. The first-order valence-corrected chi connectivity index (χ1v) is 10.8. The van der Waals surface area contributed by atoms with Crippen molar-refractivity contribution in [1.29, 1.82) is 0 Å². The Morgan fingerprint density at radius 3 is 2.70 bits per heavy atom. The summed E-state index contributed by atoms with van der Waals surface area (Å²) in [6.45, 7) is 0. The van der Waals surface area contributed by atoms with Crippen LogP contribution in [0.3, 0.4) is 0 Å². The monoisotopic (exact) mass is 417 g/mol. The summed E-state index contributed by atoms with van der Waals surface area (Å²) in [5.74, 6) is 0.235. The summed E-state index contributed by atoms with van der Waals surface area (Å²) < 4.78 is 1.86. The molecule has 1 aromatic heterocycles. The van der Waals surface area contributed by atoms with Crippen LogP contribution in [0, 0.1) is 0 Å². The number of aryl methyl sites for hydroxylation is 1. The molecular weight excluding hydrogens is 397 g/mol. The molecule has 140 valence electrons. The van der Waals surface area contributed by atoms with E-state index in [2.05, 4.69) is 29.4 Å². The van der Waals surface area contributed by atoms with E-state index in [-0.39, 0.29) is 17.3 Å². The van der Waals surface area contributed by atoms with E-state index < -0.39 is 0 Å². The molecule has 6 heteroatoms. The van der Waals surface area contributed by atoms with Crippen molar-refractivity contribution in [3.8, 4) is 10.6 Å². The topological polar surface area (TPSA) is 30.2 Å². The molecule has 27 heavy (non-hydrogen) atoms. The van der Waals surface area contributed by atoms with E-state index in [1.54, 1.807) is 11.3 Å². The van der Waals surface area contributed by atoms with Crippen LogP contribution in [0.4, 0.5) is 0 Å². The number of hydrogen-bond donors (Lipinski definition) is 0. The number of rotatable bonds is 3. The van der Waals surface area contributed by atoms with Crippen molar-refractivity contribution in [2.75, 3.05) is 0 Å². The molecule has 3 unspecified atom stereocenters. The standard InChI is InChI=1S/C21H21Cl2N3S/c1-26-21(27-20(25-26)15-9-5-10-16(22)13-15)24-18-12-6-11-17(23)19(18)14-7-3-2-4-8-14/h2-5,7-10,13,17-19H,6,11-12H2,1H3. The van der Waals surface area contributed by atoms with Crippen molar-refractivity contribution >= 4 is 34.5 Å². The maximum absolute atomic E-state index is 6.74. The Morgan fingerprint density at radius 2 is 1.93 bits per heavy atom. The van der Waals surface area contributed by atoms with Gasteiger partial charge in [-0.05, 0) is 37.0 Å². The van der Waals surface area contributed by atoms with E-state index >= 15 is 0 Å². The molecule has 3 nitrogen and oxygen atoms in total. The van der Waals surface area contributed by atoms with E-state index in [1.165, 1.54) is 5.56 Å². The summed E-state index contributed by atoms with van der Waals surface area (Å²) in [5.41, 5.74) is 2.29. The predicted molar refractivity (Wildman–Crippen MR) is 114 cm³/mol. The van der Waals surface area contributed by atoms with Gasteiger partial charge in [0.25, 0.3) is 0 Å². The van der Waals surface area contributed by atoms with Crippen LogP contribution in [0.25, 0.3) is 10.6 Å². The third-order valence-corrected chi connectivity index (χ3v) is 6.81. The SMILES string of the molecule is Cn1nc(-c2cccc(Cl)c2)sc1=NC1CCCC(Cl)C1c1ccccc1. The fourth-order valence-electron chi connectivity index (χ4n) is 3.72. The van der Waals surface area contributed by atoms with Crippen LogP contribution in [-0.4, -0.2) is 21.2 Å². The number of benzene rings is 2. The Balaban J connectivity index is 1.71. The molecule has 1 aliphatic rings. The first-order valence-electron chi connectivity index (χ1n) is 9.15. The lowest BCUT2D eigenvalue weighted by Crippen LogP contribution is -2.32. The van der Waals surface area contributed by atoms with Gasteiger partial charge in [0.05, 0.1) is 6.04 Å². The van der Waals surface area contributed by atoms with Crippen molar-refractivity contribution < 1.29 is 0 Å². The molecule has 3 atom stereocenters. The van der Waals surface area contributed by atoms with Crippen LogP contribution >= 0.6 is 34.5 Å². The Morgan fingerprint density at radius 1 is 1.11 bits per heavy atom. The highest BCUT2D eigenvalue weighted by molar-refractivity contribution is 7.12. The molecule has 0 bridgehead atoms. The van der Waals surface area contributed by atoms with Crippen LogP contribution in [-0.2, 0) is 7.05 Å². The zero-order chi connectivity index (χ0) is 18.8. The quantitative estimate of drug-likeness (QED) is 0.506. The van der Waals surface area contributed by atoms with Gasteiger partial charge in [0.2, 0.25) is 4.80 Å². The van der Waals surface area contributed by atoms with Crippen LogP contribution in [0.2, 0.25) is 5.02 Å². The maximum Gasteiger partial charge on any atom is 0.203 e. The van der Waals surface area contributed by atoms with Crippen LogP contribution in [0.15, 0.2) is 59.6 Å². The molecular formula is C21H21Cl2N3S. The second-order valence-corrected chi connectivity index (χ2v) is 8.86. The van der Waals surface area contributed by atoms with Crippen molar-refractivity contribution in [3.63, 3.8) is 0 Å². The average molecular weight is 418 g/mol. The minimum Gasteiger partial charge on any atom is -0.254 e. The summed E-state index contributed by atoms with van der Waals surface area (Å²) in [5, 5.41) is 6.40. The number of nitrogens with zero attached hydrogens (tertiary/aromatic N) is 3. The highest BCUT2D eigenvalue weighted by Crippen LogP contribution is 2.38. The lowest BCUT2D eigenvalue weighted by molar-refractivity contribution is 0.386. The fraction of sp³-hybridized carbons (Fsp3) is 0.333. The molecule has 1 aliphatic carbocycles. The lowest BCUT2D eigenvalue weighted by atomic mass is 9.80. The van der Waals surface area contributed by atoms with Gasteiger partial charge < -0.3 is 0 Å². The predicted octanol–water partition coefficient (Wildman–Crippen LogP) is 5.65. The van der Waals surface area contributed by atoms with Gasteiger partial charge in [-0.2, -0.15) is 5.10 Å². The van der Waals surface area contributed by atoms with E-state index in [0.29, 0.717) is 5.02 Å². The van der Waals surface area contributed by atoms with Gasteiger partial charge in [0, 0.05) is 28.9 Å². The number of halogens is 2. The van der Waals surface area contributed by atoms with Crippen molar-refractivity contribution in [2.24, 2.45) is 12.0 Å². The molecule has 1 heterocycles. The van der Waals surface area contributed by atoms with Crippen LogP contribution in [0.1, 0.15) is 30.7 Å². The maximum atomic E-state index is 6.74. The summed E-state index contributed by atoms with van der Waals surface area (Å²) in [4.78, 5) is 6.01. The van der Waals surface area contributed by atoms with Crippen LogP contribution in [0.5, 0.6) is 0 Å². The first kappa shape index (κ1) is 18.7. The number of aromatic nitrogens is 2. The molecule has 0 saturated heterocycles. The molecule has 0 spiro atoms. The van der Waals surface area contributed by atoms with Crippen molar-refractivity contribution in [2.45, 2.75) is 36.6 Å². The normalized spacial score (nSPS) is 23.5.